The van der Waals surface area contributed by atoms with Crippen LogP contribution in [0.5, 0.6) is 0 Å². The zero-order valence-electron chi connectivity index (χ0n) is 15.9. The summed E-state index contributed by atoms with van der Waals surface area (Å²) in [6, 6.07) is 2.78. The Morgan fingerprint density at radius 2 is 1.65 bits per heavy atom. The van der Waals surface area contributed by atoms with Crippen molar-refractivity contribution >= 4 is 0 Å². The molecule has 4 aliphatic carbocycles. The molecule has 0 aliphatic heterocycles. The van der Waals surface area contributed by atoms with Crippen LogP contribution < -0.4 is 0 Å². The van der Waals surface area contributed by atoms with Crippen molar-refractivity contribution in [2.75, 3.05) is 0 Å². The molecule has 4 aliphatic rings. The van der Waals surface area contributed by atoms with E-state index in [1.807, 2.05) is 13.8 Å². The van der Waals surface area contributed by atoms with Crippen LogP contribution in [0, 0.1) is 51.8 Å². The first-order valence-electron chi connectivity index (χ1n) is 10.5. The van der Waals surface area contributed by atoms with Crippen molar-refractivity contribution in [3.05, 3.63) is 0 Å². The maximum Gasteiger partial charge on any atom is 0.0659 e. The van der Waals surface area contributed by atoms with Crippen LogP contribution in [0.2, 0.25) is 0 Å². The van der Waals surface area contributed by atoms with Crippen molar-refractivity contribution in [1.82, 2.24) is 0 Å². The van der Waals surface area contributed by atoms with E-state index in [0.29, 0.717) is 16.7 Å². The van der Waals surface area contributed by atoms with Gasteiger partial charge in [0.05, 0.1) is 6.07 Å². The molecule has 0 aromatic carbocycles. The molecular weight excluding hydrogens is 278 g/mol. The molecule has 0 amide bonds. The summed E-state index contributed by atoms with van der Waals surface area (Å²) >= 11 is 0. The van der Waals surface area contributed by atoms with E-state index >= 15 is 0 Å². The normalized spacial score (nSPS) is 51.3. The molecule has 0 spiro atoms. The lowest BCUT2D eigenvalue weighted by Crippen LogP contribution is -2.54. The van der Waals surface area contributed by atoms with E-state index in [0.717, 1.165) is 23.7 Å². The second-order valence-electron chi connectivity index (χ2n) is 9.30. The average Bonchev–Trinajstić information content (AvgIpc) is 2.97. The van der Waals surface area contributed by atoms with E-state index in [4.69, 9.17) is 0 Å². The van der Waals surface area contributed by atoms with Gasteiger partial charge in [0.1, 0.15) is 0 Å². The molecule has 0 aromatic rings. The molecule has 0 radical (unpaired) electrons. The van der Waals surface area contributed by atoms with Gasteiger partial charge < -0.3 is 0 Å². The number of hydrogen-bond donors (Lipinski definition) is 0. The Balaban J connectivity index is 0.000000753. The van der Waals surface area contributed by atoms with Crippen molar-refractivity contribution in [2.45, 2.75) is 91.9 Å². The largest absolute Gasteiger partial charge is 0.198 e. The first-order valence-corrected chi connectivity index (χ1v) is 10.5. The van der Waals surface area contributed by atoms with Gasteiger partial charge >= 0.3 is 0 Å². The molecular formula is C22H37N. The number of hydrogen-bond acceptors (Lipinski definition) is 1. The standard InChI is InChI=1S/C20H31N.C2H6/c1-19-9-5-7-16(19)18-14(13-21)12-15-6-3-4-10-20(15,2)17(18)8-11-19;1-2/h14-18H,3-12H2,1-2H3;1-2H3. The molecule has 0 bridgehead atoms. The summed E-state index contributed by atoms with van der Waals surface area (Å²) in [5.74, 6) is 3.67. The second kappa shape index (κ2) is 6.42. The Morgan fingerprint density at radius 1 is 0.870 bits per heavy atom. The molecule has 4 rings (SSSR count). The predicted octanol–water partition coefficient (Wildman–Crippen LogP) is 6.59. The fraction of sp³-hybridized carbons (Fsp3) is 0.955. The highest BCUT2D eigenvalue weighted by Gasteiger charge is 2.60. The third-order valence-corrected chi connectivity index (χ3v) is 8.58. The first-order chi connectivity index (χ1) is 11.1. The summed E-state index contributed by atoms with van der Waals surface area (Å²) in [6.45, 7) is 9.16. The third-order valence-electron chi connectivity index (χ3n) is 8.58. The number of nitrogens with zero attached hydrogens (tertiary/aromatic N) is 1. The van der Waals surface area contributed by atoms with Gasteiger partial charge in [-0.1, -0.05) is 47.0 Å². The molecule has 23 heavy (non-hydrogen) atoms. The third kappa shape index (κ3) is 2.56. The quantitative estimate of drug-likeness (QED) is 0.495. The molecule has 130 valence electrons. The number of fused-ring (bicyclic) bond motifs is 5. The molecule has 4 saturated carbocycles. The van der Waals surface area contributed by atoms with Crippen molar-refractivity contribution < 1.29 is 0 Å². The van der Waals surface area contributed by atoms with Crippen LogP contribution in [0.25, 0.3) is 0 Å². The Hall–Kier alpha value is -0.510. The van der Waals surface area contributed by atoms with Crippen LogP contribution in [0.15, 0.2) is 0 Å². The topological polar surface area (TPSA) is 23.8 Å². The lowest BCUT2D eigenvalue weighted by atomic mass is 9.43. The Bertz CT molecular complexity index is 463. The maximum atomic E-state index is 9.86. The molecule has 4 fully saturated rings. The molecule has 0 N–H and O–H groups in total. The summed E-state index contributed by atoms with van der Waals surface area (Å²) in [5, 5.41) is 9.86. The molecule has 1 heteroatoms. The van der Waals surface area contributed by atoms with E-state index in [9.17, 15) is 5.26 Å². The minimum Gasteiger partial charge on any atom is -0.198 e. The minimum atomic E-state index is 0.369. The second-order valence-corrected chi connectivity index (χ2v) is 9.30. The molecule has 0 aromatic heterocycles. The van der Waals surface area contributed by atoms with Crippen molar-refractivity contribution in [2.24, 2.45) is 40.4 Å². The molecule has 0 saturated heterocycles. The number of nitriles is 1. The van der Waals surface area contributed by atoms with Crippen molar-refractivity contribution in [3.8, 4) is 6.07 Å². The fourth-order valence-corrected chi connectivity index (χ4v) is 7.42. The van der Waals surface area contributed by atoms with Crippen LogP contribution in [0.4, 0.5) is 0 Å². The fourth-order valence-electron chi connectivity index (χ4n) is 7.42. The Kier molecular flexibility index (Phi) is 4.83. The molecule has 1 nitrogen and oxygen atoms in total. The monoisotopic (exact) mass is 315 g/mol. The van der Waals surface area contributed by atoms with E-state index in [1.165, 1.54) is 64.2 Å². The molecule has 0 heterocycles. The highest BCUT2D eigenvalue weighted by atomic mass is 14.6. The minimum absolute atomic E-state index is 0.369. The Labute approximate surface area is 144 Å². The van der Waals surface area contributed by atoms with Gasteiger partial charge in [0.25, 0.3) is 0 Å². The summed E-state index contributed by atoms with van der Waals surface area (Å²) in [4.78, 5) is 0. The highest BCUT2D eigenvalue weighted by Crippen LogP contribution is 2.67. The molecule has 7 atom stereocenters. The van der Waals surface area contributed by atoms with Gasteiger partial charge in [-0.15, -0.1) is 0 Å². The van der Waals surface area contributed by atoms with Crippen LogP contribution in [-0.2, 0) is 0 Å². The van der Waals surface area contributed by atoms with Gasteiger partial charge in [0.2, 0.25) is 0 Å². The van der Waals surface area contributed by atoms with Gasteiger partial charge in [0.15, 0.2) is 0 Å². The van der Waals surface area contributed by atoms with Crippen molar-refractivity contribution in [3.63, 3.8) is 0 Å². The van der Waals surface area contributed by atoms with E-state index in [-0.39, 0.29) is 0 Å². The smallest absolute Gasteiger partial charge is 0.0659 e. The maximum absolute atomic E-state index is 9.86. The van der Waals surface area contributed by atoms with Crippen LogP contribution in [-0.4, -0.2) is 0 Å². The van der Waals surface area contributed by atoms with Gasteiger partial charge in [-0.05, 0) is 79.4 Å². The lowest BCUT2D eigenvalue weighted by molar-refractivity contribution is -0.120. The average molecular weight is 316 g/mol. The number of rotatable bonds is 0. The SMILES string of the molecule is CC.CC12CCCC1C1C(C#N)CC3CCCCC3(C)C1CC2. The highest BCUT2D eigenvalue weighted by molar-refractivity contribution is 5.12. The first kappa shape index (κ1) is 17.3. The van der Waals surface area contributed by atoms with E-state index < -0.39 is 0 Å². The van der Waals surface area contributed by atoms with Gasteiger partial charge in [-0.2, -0.15) is 5.26 Å². The van der Waals surface area contributed by atoms with Crippen LogP contribution in [0.1, 0.15) is 91.9 Å². The van der Waals surface area contributed by atoms with Crippen LogP contribution in [0.3, 0.4) is 0 Å². The van der Waals surface area contributed by atoms with Gasteiger partial charge in [-0.3, -0.25) is 0 Å². The lowest BCUT2D eigenvalue weighted by Gasteiger charge is -2.61. The zero-order valence-corrected chi connectivity index (χ0v) is 15.9. The zero-order chi connectivity index (χ0) is 16.7. The summed E-state index contributed by atoms with van der Waals surface area (Å²) < 4.78 is 0. The van der Waals surface area contributed by atoms with Gasteiger partial charge in [0, 0.05) is 5.92 Å². The van der Waals surface area contributed by atoms with Gasteiger partial charge in [-0.25, -0.2) is 0 Å². The summed E-state index contributed by atoms with van der Waals surface area (Å²) in [5.41, 5.74) is 1.15. The van der Waals surface area contributed by atoms with Crippen LogP contribution >= 0.6 is 0 Å². The Morgan fingerprint density at radius 3 is 2.39 bits per heavy atom. The van der Waals surface area contributed by atoms with E-state index in [2.05, 4.69) is 19.9 Å². The summed E-state index contributed by atoms with van der Waals surface area (Å²) in [7, 11) is 0. The molecule has 7 unspecified atom stereocenters. The van der Waals surface area contributed by atoms with Crippen molar-refractivity contribution in [1.29, 1.82) is 5.26 Å². The van der Waals surface area contributed by atoms with E-state index in [1.54, 1.807) is 0 Å². The summed E-state index contributed by atoms with van der Waals surface area (Å²) in [6.07, 6.45) is 14.0. The predicted molar refractivity (Wildman–Crippen MR) is 96.8 cm³/mol.